The molecule has 4 rings (SSSR count). The zero-order valence-corrected chi connectivity index (χ0v) is 17.3. The molecule has 0 fully saturated rings. The van der Waals surface area contributed by atoms with Gasteiger partial charge < -0.3 is 10.6 Å². The van der Waals surface area contributed by atoms with E-state index in [1.54, 1.807) is 48.5 Å². The Morgan fingerprint density at radius 2 is 1.28 bits per heavy atom. The maximum absolute atomic E-state index is 12.9. The Morgan fingerprint density at radius 3 is 1.97 bits per heavy atom. The molecule has 0 aliphatic heterocycles. The van der Waals surface area contributed by atoms with Crippen LogP contribution in [0.3, 0.4) is 0 Å². The highest BCUT2D eigenvalue weighted by Gasteiger charge is 2.16. The van der Waals surface area contributed by atoms with Gasteiger partial charge in [-0.3, -0.25) is 14.4 Å². The van der Waals surface area contributed by atoms with E-state index in [2.05, 4.69) is 15.7 Å². The Kier molecular flexibility index (Phi) is 6.36. The van der Waals surface area contributed by atoms with E-state index in [-0.39, 0.29) is 36.8 Å². The number of aromatic nitrogens is 2. The van der Waals surface area contributed by atoms with Crippen LogP contribution < -0.4 is 16.2 Å². The first-order valence-electron chi connectivity index (χ1n) is 10.3. The molecular formula is C25H22N4O3. The quantitative estimate of drug-likeness (QED) is 0.444. The number of carbonyl (C=O) groups excluding carboxylic acids is 2. The van der Waals surface area contributed by atoms with Crippen LogP contribution in [0, 0.1) is 0 Å². The molecule has 7 nitrogen and oxygen atoms in total. The second-order valence-corrected chi connectivity index (χ2v) is 7.22. The fraction of sp³-hybridized carbons (Fsp3) is 0.120. The maximum Gasteiger partial charge on any atom is 0.274 e. The molecule has 0 radical (unpaired) electrons. The predicted molar refractivity (Wildman–Crippen MR) is 123 cm³/mol. The number of rotatable bonds is 7. The van der Waals surface area contributed by atoms with Crippen molar-refractivity contribution in [2.45, 2.75) is 6.54 Å². The SMILES string of the molecule is O=C(NCCNC(=O)c1nn(Cc2ccccc2)c(=O)c2ccccc12)c1ccccc1. The molecule has 160 valence electrons. The van der Waals surface area contributed by atoms with Gasteiger partial charge in [0.15, 0.2) is 5.69 Å². The van der Waals surface area contributed by atoms with Crippen molar-refractivity contribution in [2.75, 3.05) is 13.1 Å². The van der Waals surface area contributed by atoms with Crippen LogP contribution in [0.4, 0.5) is 0 Å². The van der Waals surface area contributed by atoms with E-state index in [0.717, 1.165) is 5.56 Å². The summed E-state index contributed by atoms with van der Waals surface area (Å²) < 4.78 is 1.31. The summed E-state index contributed by atoms with van der Waals surface area (Å²) in [6.07, 6.45) is 0. The highest BCUT2D eigenvalue weighted by molar-refractivity contribution is 6.04. The molecule has 0 spiro atoms. The second-order valence-electron chi connectivity index (χ2n) is 7.22. The number of carbonyl (C=O) groups is 2. The highest BCUT2D eigenvalue weighted by Crippen LogP contribution is 2.14. The first-order chi connectivity index (χ1) is 15.6. The van der Waals surface area contributed by atoms with E-state index in [1.165, 1.54) is 4.68 Å². The van der Waals surface area contributed by atoms with Crippen molar-refractivity contribution in [3.8, 4) is 0 Å². The molecule has 3 aromatic carbocycles. The van der Waals surface area contributed by atoms with Gasteiger partial charge in [0, 0.05) is 24.0 Å². The van der Waals surface area contributed by atoms with E-state index < -0.39 is 5.91 Å². The van der Waals surface area contributed by atoms with Gasteiger partial charge in [-0.1, -0.05) is 66.7 Å². The second kappa shape index (κ2) is 9.70. The van der Waals surface area contributed by atoms with Gasteiger partial charge in [-0.05, 0) is 23.8 Å². The third-order valence-corrected chi connectivity index (χ3v) is 4.99. The van der Waals surface area contributed by atoms with Crippen molar-refractivity contribution in [3.63, 3.8) is 0 Å². The van der Waals surface area contributed by atoms with Crippen LogP contribution in [0.15, 0.2) is 89.7 Å². The highest BCUT2D eigenvalue weighted by atomic mass is 16.2. The fourth-order valence-corrected chi connectivity index (χ4v) is 3.39. The largest absolute Gasteiger partial charge is 0.350 e. The summed E-state index contributed by atoms with van der Waals surface area (Å²) in [6.45, 7) is 0.754. The lowest BCUT2D eigenvalue weighted by Crippen LogP contribution is -2.36. The van der Waals surface area contributed by atoms with Crippen molar-refractivity contribution in [1.29, 1.82) is 0 Å². The topological polar surface area (TPSA) is 93.1 Å². The monoisotopic (exact) mass is 426 g/mol. The molecule has 2 N–H and O–H groups in total. The van der Waals surface area contributed by atoms with Crippen molar-refractivity contribution >= 4 is 22.6 Å². The summed E-state index contributed by atoms with van der Waals surface area (Å²) in [6, 6.07) is 25.3. The standard InChI is InChI=1S/C25H22N4O3/c30-23(19-11-5-2-6-12-19)26-15-16-27-24(31)22-20-13-7-8-14-21(20)25(32)29(28-22)17-18-9-3-1-4-10-18/h1-14H,15-17H2,(H,26,30)(H,27,31). The van der Waals surface area contributed by atoms with Crippen LogP contribution >= 0.6 is 0 Å². The summed E-state index contributed by atoms with van der Waals surface area (Å²) in [5.41, 5.74) is 1.38. The Morgan fingerprint density at radius 1 is 0.719 bits per heavy atom. The zero-order chi connectivity index (χ0) is 22.3. The van der Waals surface area contributed by atoms with Crippen LogP contribution in [0.2, 0.25) is 0 Å². The number of amides is 2. The summed E-state index contributed by atoms with van der Waals surface area (Å²) in [5, 5.41) is 10.8. The van der Waals surface area contributed by atoms with Gasteiger partial charge >= 0.3 is 0 Å². The Labute approximate surface area is 184 Å². The summed E-state index contributed by atoms with van der Waals surface area (Å²) in [7, 11) is 0. The molecule has 32 heavy (non-hydrogen) atoms. The van der Waals surface area contributed by atoms with Crippen LogP contribution in [0.5, 0.6) is 0 Å². The molecule has 4 aromatic rings. The number of nitrogens with zero attached hydrogens (tertiary/aromatic N) is 2. The molecule has 0 aliphatic carbocycles. The van der Waals surface area contributed by atoms with Gasteiger partial charge in [0.1, 0.15) is 0 Å². The Hall–Kier alpha value is -4.26. The minimum Gasteiger partial charge on any atom is -0.350 e. The van der Waals surface area contributed by atoms with Gasteiger partial charge in [0.05, 0.1) is 11.9 Å². The molecule has 7 heteroatoms. The third-order valence-electron chi connectivity index (χ3n) is 4.99. The minimum absolute atomic E-state index is 0.172. The molecule has 0 bridgehead atoms. The fourth-order valence-electron chi connectivity index (χ4n) is 3.39. The van der Waals surface area contributed by atoms with E-state index in [4.69, 9.17) is 0 Å². The molecule has 0 atom stereocenters. The predicted octanol–water partition coefficient (Wildman–Crippen LogP) is 2.60. The van der Waals surface area contributed by atoms with Gasteiger partial charge in [0.2, 0.25) is 0 Å². The Bertz CT molecular complexity index is 1300. The molecule has 0 unspecified atom stereocenters. The number of hydrogen-bond donors (Lipinski definition) is 2. The maximum atomic E-state index is 12.9. The Balaban J connectivity index is 1.50. The number of hydrogen-bond acceptors (Lipinski definition) is 4. The number of nitrogens with one attached hydrogen (secondary N) is 2. The van der Waals surface area contributed by atoms with Crippen LogP contribution in [0.25, 0.3) is 10.8 Å². The van der Waals surface area contributed by atoms with E-state index >= 15 is 0 Å². The first kappa shape index (κ1) is 21.0. The summed E-state index contributed by atoms with van der Waals surface area (Å²) in [4.78, 5) is 37.9. The molecule has 0 saturated carbocycles. The van der Waals surface area contributed by atoms with E-state index in [0.29, 0.717) is 16.3 Å². The molecule has 1 aromatic heterocycles. The minimum atomic E-state index is -0.406. The number of fused-ring (bicyclic) bond motifs is 1. The molecular weight excluding hydrogens is 404 g/mol. The molecule has 0 aliphatic rings. The van der Waals surface area contributed by atoms with Crippen molar-refractivity contribution in [1.82, 2.24) is 20.4 Å². The molecule has 2 amide bonds. The van der Waals surface area contributed by atoms with E-state index in [9.17, 15) is 14.4 Å². The average molecular weight is 426 g/mol. The summed E-state index contributed by atoms with van der Waals surface area (Å²) in [5.74, 6) is -0.614. The molecule has 0 saturated heterocycles. The lowest BCUT2D eigenvalue weighted by Gasteiger charge is -2.12. The van der Waals surface area contributed by atoms with Gasteiger partial charge in [-0.25, -0.2) is 4.68 Å². The lowest BCUT2D eigenvalue weighted by atomic mass is 10.1. The smallest absolute Gasteiger partial charge is 0.274 e. The lowest BCUT2D eigenvalue weighted by molar-refractivity contribution is 0.0925. The number of benzene rings is 3. The van der Waals surface area contributed by atoms with Crippen LogP contribution in [0.1, 0.15) is 26.4 Å². The third kappa shape index (κ3) is 4.73. The first-order valence-corrected chi connectivity index (χ1v) is 10.3. The average Bonchev–Trinajstić information content (AvgIpc) is 2.84. The van der Waals surface area contributed by atoms with Crippen LogP contribution in [-0.2, 0) is 6.54 Å². The zero-order valence-electron chi connectivity index (χ0n) is 17.3. The van der Waals surface area contributed by atoms with Crippen molar-refractivity contribution < 1.29 is 9.59 Å². The normalized spacial score (nSPS) is 10.6. The summed E-state index contributed by atoms with van der Waals surface area (Å²) >= 11 is 0. The van der Waals surface area contributed by atoms with Gasteiger partial charge in [0.25, 0.3) is 17.4 Å². The van der Waals surface area contributed by atoms with Crippen molar-refractivity contribution in [2.24, 2.45) is 0 Å². The van der Waals surface area contributed by atoms with Gasteiger partial charge in [-0.15, -0.1) is 0 Å². The van der Waals surface area contributed by atoms with E-state index in [1.807, 2.05) is 36.4 Å². The van der Waals surface area contributed by atoms with Gasteiger partial charge in [-0.2, -0.15) is 5.10 Å². The molecule has 1 heterocycles. The van der Waals surface area contributed by atoms with Crippen molar-refractivity contribution in [3.05, 3.63) is 112 Å². The van der Waals surface area contributed by atoms with Crippen LogP contribution in [-0.4, -0.2) is 34.7 Å².